The Hall–Kier alpha value is -12.4. The molecule has 0 spiro atoms. The number of amides is 1. The summed E-state index contributed by atoms with van der Waals surface area (Å²) in [6, 6.07) is 73.8. The second-order valence-electron chi connectivity index (χ2n) is 33.6. The first-order valence-electron chi connectivity index (χ1n) is 45.4. The number of carbonyl (C=O) groups is 1. The molecule has 8 aromatic carbocycles. The summed E-state index contributed by atoms with van der Waals surface area (Å²) in [4.78, 5) is 41.3. The number of hydrogen-bond donors (Lipinski definition) is 9. The maximum atomic E-state index is 12.9. The van der Waals surface area contributed by atoms with Crippen molar-refractivity contribution in [3.05, 3.63) is 304 Å². The number of aryl methyl sites for hydroxylation is 1. The standard InChI is InChI=1S/C25H25BrN6O3S.C25H27BrN6O2S.C24H22BrN7O2S.C23H24BBrN6O3S/c26-21-17-27-32-23(16-22(30-25(21)32)18-6-2-1-3-7-18)29-19-9-11-20(12-10-19)36(34,35)28-13-5-15-31-14-4-8-24(31)33;1-31-15-5-8-20(31)13-14-28-35(33,34)21-11-9-19(10-12-21)29-24-16-23(18-6-3-2-4-7-18)30-25-22(26)17-27-32(24)25;25-21-16-27-32-23(15-22(30-24(21)32)18-5-2-1-3-6-18)29-19-7-9-20(10-8-19)35(33,34)28-11-4-13-31-14-12-26-17-31;1-24(32)30-12-11-18(15-30)29-35(33,34)19-9-7-17(8-10-19)27-22-13-21(16-5-3-2-4-6-16)28-23-20(25)14-26-31(22)23/h1-3,6-7,9-12,16-17,28-29H,4-5,8,13-15H2;2-4,6-7,9-12,16-17,20,28-29H,5,8,13-15H2,1H3;1-3,5-10,12,14-17,28-29H,4,11,13H2;2-10,13-14,18,27,29,32H,11-12,15H2,1H3. The number of sulfonamides is 4. The van der Waals surface area contributed by atoms with Crippen molar-refractivity contribution < 1.29 is 43.5 Å². The molecule has 2 atom stereocenters. The van der Waals surface area contributed by atoms with Gasteiger partial charge in [0.1, 0.15) is 23.3 Å². The van der Waals surface area contributed by atoms with E-state index in [1.54, 1.807) is 164 Å². The zero-order valence-corrected chi connectivity index (χ0v) is 85.9. The first-order chi connectivity index (χ1) is 68.1. The minimum atomic E-state index is -3.68. The molecule has 20 rings (SSSR count). The minimum absolute atomic E-state index is 0.144. The SMILES string of the molecule is CB(O)N1CCC(NS(=O)(=O)c2ccc(Nc3cc(-c4ccccc4)nc4c(Br)cnn34)cc2)C1.CN1CCCC1CCNS(=O)(=O)c1ccc(Nc2cc(-c3ccccc3)nc3c(Br)cnn23)cc1.O=C1CCCN1CCCNS(=O)(=O)c1ccc(Nc2cc(-c3ccccc3)nc3c(Br)cnn23)cc1.O=S(=O)(NCCCn1ccnc1)c1ccc(Nc2cc(-c3ccccc3)nc3c(Br)cnn23)cc1. The van der Waals surface area contributed by atoms with Crippen molar-refractivity contribution in [2.24, 2.45) is 0 Å². The number of hydrogen-bond acceptors (Lipinski definition) is 25. The van der Waals surface area contributed by atoms with Crippen LogP contribution >= 0.6 is 63.7 Å². The van der Waals surface area contributed by atoms with Crippen molar-refractivity contribution in [3.8, 4) is 45.0 Å². The van der Waals surface area contributed by atoms with E-state index in [0.29, 0.717) is 128 Å². The fourth-order valence-electron chi connectivity index (χ4n) is 16.4. The van der Waals surface area contributed by atoms with E-state index < -0.39 is 47.1 Å². The Morgan fingerprint density at radius 1 is 0.418 bits per heavy atom. The van der Waals surface area contributed by atoms with Gasteiger partial charge in [-0.15, -0.1) is 0 Å². The second kappa shape index (κ2) is 45.3. The van der Waals surface area contributed by atoms with Crippen LogP contribution in [0.2, 0.25) is 6.82 Å². The van der Waals surface area contributed by atoms with Crippen LogP contribution in [0.25, 0.3) is 67.6 Å². The van der Waals surface area contributed by atoms with E-state index in [4.69, 9.17) is 19.9 Å². The third-order valence-electron chi connectivity index (χ3n) is 23.8. The molecule has 0 bridgehead atoms. The number of likely N-dealkylation sites (tertiary alicyclic amines) is 2. The molecule has 0 radical (unpaired) electrons. The summed E-state index contributed by atoms with van der Waals surface area (Å²) in [6.45, 7) is 6.97. The summed E-state index contributed by atoms with van der Waals surface area (Å²) in [5, 5.41) is 40.7. The Balaban J connectivity index is 0.000000130. The molecule has 726 valence electrons. The van der Waals surface area contributed by atoms with Crippen LogP contribution in [-0.4, -0.2) is 206 Å². The predicted molar refractivity (Wildman–Crippen MR) is 561 cm³/mol. The summed E-state index contributed by atoms with van der Waals surface area (Å²) in [7, 11) is -13.0. The average Bonchev–Trinajstić information content (AvgIpc) is 1.66. The minimum Gasteiger partial charge on any atom is -0.437 e. The largest absolute Gasteiger partial charge is 0.437 e. The fraction of sp³-hybridized carbons (Fsp3) is 0.216. The topological polar surface area (TPSA) is 418 Å². The number of nitrogens with one attached hydrogen (secondary N) is 8. The van der Waals surface area contributed by atoms with Crippen LogP contribution in [0.5, 0.6) is 0 Å². The van der Waals surface area contributed by atoms with E-state index >= 15 is 0 Å². The van der Waals surface area contributed by atoms with Gasteiger partial charge in [-0.05, 0) is 233 Å². The van der Waals surface area contributed by atoms with E-state index in [2.05, 4.69) is 141 Å². The highest BCUT2D eigenvalue weighted by atomic mass is 79.9. The first kappa shape index (κ1) is 100. The summed E-state index contributed by atoms with van der Waals surface area (Å²) in [5.41, 5.74) is 12.7. The second-order valence-corrected chi connectivity index (χ2v) is 44.0. The van der Waals surface area contributed by atoms with Crippen LogP contribution in [0.15, 0.2) is 324 Å². The van der Waals surface area contributed by atoms with E-state index in [9.17, 15) is 43.5 Å². The van der Waals surface area contributed by atoms with E-state index in [1.165, 1.54) is 6.42 Å². The van der Waals surface area contributed by atoms with Gasteiger partial charge in [0.05, 0.1) is 91.4 Å². The molecule has 35 nitrogen and oxygen atoms in total. The monoisotopic (exact) mass is 2230 g/mol. The number of carbonyl (C=O) groups excluding carboxylic acids is 1. The van der Waals surface area contributed by atoms with Crippen LogP contribution in [0.4, 0.5) is 46.0 Å². The Labute approximate surface area is 849 Å². The zero-order chi connectivity index (χ0) is 98.4. The number of aromatic nitrogens is 14. The predicted octanol–water partition coefficient (Wildman–Crippen LogP) is 16.7. The van der Waals surface area contributed by atoms with Crippen LogP contribution in [-0.2, 0) is 51.4 Å². The summed E-state index contributed by atoms with van der Waals surface area (Å²) in [6.07, 6.45) is 18.5. The number of anilines is 8. The van der Waals surface area contributed by atoms with Crippen molar-refractivity contribution in [2.45, 2.75) is 96.4 Å². The molecular weight excluding hydrogens is 2130 g/mol. The molecule has 3 saturated heterocycles. The number of imidazole rings is 1. The van der Waals surface area contributed by atoms with Crippen molar-refractivity contribution >= 4 is 185 Å². The van der Waals surface area contributed by atoms with E-state index in [-0.39, 0.29) is 38.1 Å². The Morgan fingerprint density at radius 2 is 0.766 bits per heavy atom. The number of fused-ring (bicyclic) bond motifs is 4. The van der Waals surface area contributed by atoms with Gasteiger partial charge < -0.3 is 45.5 Å². The molecule has 2 unspecified atom stereocenters. The maximum Gasteiger partial charge on any atom is 0.376 e. The third-order valence-corrected chi connectivity index (χ3v) is 32.0. The first-order valence-corrected chi connectivity index (χ1v) is 54.5. The van der Waals surface area contributed by atoms with E-state index in [0.717, 1.165) is 107 Å². The molecule has 141 heavy (non-hydrogen) atoms. The van der Waals surface area contributed by atoms with Crippen molar-refractivity contribution in [2.75, 3.05) is 80.7 Å². The molecule has 3 aliphatic rings. The molecule has 12 heterocycles. The molecule has 0 aliphatic carbocycles. The number of halogens is 4. The van der Waals surface area contributed by atoms with Gasteiger partial charge >= 0.3 is 7.05 Å². The highest BCUT2D eigenvalue weighted by Crippen LogP contribution is 2.35. The van der Waals surface area contributed by atoms with Gasteiger partial charge in [0, 0.05) is 146 Å². The molecule has 17 aromatic rings. The molecule has 3 aliphatic heterocycles. The zero-order valence-electron chi connectivity index (χ0n) is 76.3. The summed E-state index contributed by atoms with van der Waals surface area (Å²) >= 11 is 14.0. The molecule has 3 fully saturated rings. The Kier molecular flexibility index (Phi) is 32.2. The van der Waals surface area contributed by atoms with Crippen molar-refractivity contribution in [1.82, 2.24) is 101 Å². The lowest BCUT2D eigenvalue weighted by Crippen LogP contribution is -2.40. The number of rotatable bonds is 33. The van der Waals surface area contributed by atoms with Gasteiger partial charge in [0.15, 0.2) is 22.6 Å². The quantitative estimate of drug-likeness (QED) is 0.0136. The lowest BCUT2D eigenvalue weighted by Gasteiger charge is -2.19. The van der Waals surface area contributed by atoms with Crippen LogP contribution in [0.1, 0.15) is 51.4 Å². The van der Waals surface area contributed by atoms with Gasteiger partial charge in [0.25, 0.3) is 0 Å². The van der Waals surface area contributed by atoms with Crippen molar-refractivity contribution in [1.29, 1.82) is 0 Å². The highest BCUT2D eigenvalue weighted by molar-refractivity contribution is 9.11. The summed E-state index contributed by atoms with van der Waals surface area (Å²) in [5.74, 6) is 2.94. The summed E-state index contributed by atoms with van der Waals surface area (Å²) < 4.78 is 125. The Bertz CT molecular complexity index is 7720. The van der Waals surface area contributed by atoms with Crippen LogP contribution < -0.4 is 40.2 Å². The molecule has 0 saturated carbocycles. The fourth-order valence-corrected chi connectivity index (χ4v) is 22.2. The van der Waals surface area contributed by atoms with Crippen LogP contribution in [0, 0.1) is 0 Å². The van der Waals surface area contributed by atoms with Crippen molar-refractivity contribution in [3.63, 3.8) is 0 Å². The van der Waals surface area contributed by atoms with Gasteiger partial charge in [-0.2, -0.15) is 38.5 Å². The maximum absolute atomic E-state index is 12.9. The van der Waals surface area contributed by atoms with Crippen LogP contribution in [0.3, 0.4) is 0 Å². The third kappa shape index (κ3) is 25.0. The molecular formula is C97H98BBr4N25O10S4. The number of benzene rings is 8. The van der Waals surface area contributed by atoms with Gasteiger partial charge in [-0.3, -0.25) is 4.79 Å². The Morgan fingerprint density at radius 3 is 1.08 bits per heavy atom. The molecule has 9 N–H and O–H groups in total. The van der Waals surface area contributed by atoms with Gasteiger partial charge in [-0.1, -0.05) is 121 Å². The lowest BCUT2D eigenvalue weighted by molar-refractivity contribution is -0.127. The number of nitrogens with zero attached hydrogens (tertiary/aromatic N) is 17. The molecule has 1 amide bonds. The molecule has 44 heteroatoms. The smallest absolute Gasteiger partial charge is 0.376 e. The van der Waals surface area contributed by atoms with Gasteiger partial charge in [-0.25, -0.2) is 77.5 Å². The molecule has 9 aromatic heterocycles. The average molecular weight is 2230 g/mol. The van der Waals surface area contributed by atoms with Gasteiger partial charge in [0.2, 0.25) is 46.0 Å². The normalized spacial score (nSPS) is 14.7. The lowest BCUT2D eigenvalue weighted by atomic mass is 9.86. The van der Waals surface area contributed by atoms with E-state index in [1.807, 2.05) is 161 Å². The highest BCUT2D eigenvalue weighted by Gasteiger charge is 2.32.